The van der Waals surface area contributed by atoms with Gasteiger partial charge in [-0.2, -0.15) is 0 Å². The molecule has 2 aromatic rings. The number of phenolic OH excluding ortho intramolecular Hbond substituents is 1. The van der Waals surface area contributed by atoms with Crippen LogP contribution in [0.4, 0.5) is 10.1 Å². The SMILES string of the molecule is COc1cccc(O)c1C(=O)Nc1ccc(F)c(Cl)c1. The molecule has 6 heteroatoms. The highest BCUT2D eigenvalue weighted by atomic mass is 35.5. The summed E-state index contributed by atoms with van der Waals surface area (Å²) in [6, 6.07) is 8.26. The smallest absolute Gasteiger partial charge is 0.263 e. The van der Waals surface area contributed by atoms with Crippen LogP contribution in [-0.2, 0) is 0 Å². The van der Waals surface area contributed by atoms with Gasteiger partial charge in [0, 0.05) is 5.69 Å². The molecule has 2 aromatic carbocycles. The van der Waals surface area contributed by atoms with Gasteiger partial charge < -0.3 is 15.2 Å². The van der Waals surface area contributed by atoms with E-state index < -0.39 is 11.7 Å². The Hall–Kier alpha value is -2.27. The van der Waals surface area contributed by atoms with Crippen LogP contribution in [0.5, 0.6) is 11.5 Å². The van der Waals surface area contributed by atoms with Crippen LogP contribution in [-0.4, -0.2) is 18.1 Å². The molecule has 0 saturated heterocycles. The van der Waals surface area contributed by atoms with Gasteiger partial charge in [0.1, 0.15) is 22.9 Å². The summed E-state index contributed by atoms with van der Waals surface area (Å²) in [6.07, 6.45) is 0. The maximum absolute atomic E-state index is 13.0. The zero-order valence-electron chi connectivity index (χ0n) is 10.5. The van der Waals surface area contributed by atoms with Crippen LogP contribution in [0.15, 0.2) is 36.4 Å². The van der Waals surface area contributed by atoms with Crippen molar-refractivity contribution in [3.63, 3.8) is 0 Å². The Labute approximate surface area is 119 Å². The molecule has 0 bridgehead atoms. The Morgan fingerprint density at radius 3 is 2.75 bits per heavy atom. The number of hydrogen-bond acceptors (Lipinski definition) is 3. The zero-order chi connectivity index (χ0) is 14.7. The molecule has 0 heterocycles. The van der Waals surface area contributed by atoms with E-state index >= 15 is 0 Å². The van der Waals surface area contributed by atoms with Gasteiger partial charge in [-0.15, -0.1) is 0 Å². The molecular formula is C14H11ClFNO3. The van der Waals surface area contributed by atoms with Gasteiger partial charge in [-0.05, 0) is 30.3 Å². The highest BCUT2D eigenvalue weighted by Crippen LogP contribution is 2.28. The summed E-state index contributed by atoms with van der Waals surface area (Å²) in [6.45, 7) is 0. The number of nitrogens with one attached hydrogen (secondary N) is 1. The molecule has 2 rings (SSSR count). The second-order valence-electron chi connectivity index (χ2n) is 3.94. The van der Waals surface area contributed by atoms with Gasteiger partial charge in [-0.3, -0.25) is 4.79 Å². The number of ether oxygens (including phenoxy) is 1. The Morgan fingerprint density at radius 1 is 1.35 bits per heavy atom. The molecule has 0 atom stereocenters. The number of benzene rings is 2. The van der Waals surface area contributed by atoms with E-state index in [-0.39, 0.29) is 22.1 Å². The van der Waals surface area contributed by atoms with Crippen LogP contribution in [0.2, 0.25) is 5.02 Å². The van der Waals surface area contributed by atoms with Crippen molar-refractivity contribution >= 4 is 23.2 Å². The van der Waals surface area contributed by atoms with Crippen LogP contribution >= 0.6 is 11.6 Å². The Balaban J connectivity index is 2.30. The maximum atomic E-state index is 13.0. The molecule has 0 radical (unpaired) electrons. The quantitative estimate of drug-likeness (QED) is 0.912. The third kappa shape index (κ3) is 2.83. The Morgan fingerprint density at radius 2 is 2.10 bits per heavy atom. The summed E-state index contributed by atoms with van der Waals surface area (Å²) in [7, 11) is 1.39. The van der Waals surface area contributed by atoms with E-state index in [9.17, 15) is 14.3 Å². The van der Waals surface area contributed by atoms with Crippen LogP contribution in [0, 0.1) is 5.82 Å². The summed E-state index contributed by atoms with van der Waals surface area (Å²) < 4.78 is 18.1. The lowest BCUT2D eigenvalue weighted by Crippen LogP contribution is -2.13. The number of anilines is 1. The van der Waals surface area contributed by atoms with Crippen molar-refractivity contribution in [2.75, 3.05) is 12.4 Å². The first-order valence-electron chi connectivity index (χ1n) is 5.65. The van der Waals surface area contributed by atoms with Crippen molar-refractivity contribution in [2.24, 2.45) is 0 Å². The predicted octanol–water partition coefficient (Wildman–Crippen LogP) is 3.45. The monoisotopic (exact) mass is 295 g/mol. The van der Waals surface area contributed by atoms with Crippen LogP contribution < -0.4 is 10.1 Å². The third-order valence-corrected chi connectivity index (χ3v) is 2.92. The van der Waals surface area contributed by atoms with E-state index in [2.05, 4.69) is 5.32 Å². The molecule has 2 N–H and O–H groups in total. The number of phenols is 1. The number of amides is 1. The highest BCUT2D eigenvalue weighted by Gasteiger charge is 2.17. The molecule has 0 aliphatic heterocycles. The van der Waals surface area contributed by atoms with Gasteiger partial charge >= 0.3 is 0 Å². The predicted molar refractivity (Wildman–Crippen MR) is 74.0 cm³/mol. The maximum Gasteiger partial charge on any atom is 0.263 e. The molecular weight excluding hydrogens is 285 g/mol. The van der Waals surface area contributed by atoms with Gasteiger partial charge in [-0.1, -0.05) is 17.7 Å². The minimum Gasteiger partial charge on any atom is -0.507 e. The Kier molecular flexibility index (Phi) is 4.10. The minimum absolute atomic E-state index is 0.00422. The molecule has 0 saturated carbocycles. The molecule has 0 unspecified atom stereocenters. The number of carbonyl (C=O) groups excluding carboxylic acids is 1. The average Bonchev–Trinajstić information content (AvgIpc) is 2.42. The second-order valence-corrected chi connectivity index (χ2v) is 4.34. The van der Waals surface area contributed by atoms with Crippen molar-refractivity contribution in [3.8, 4) is 11.5 Å². The minimum atomic E-state index is -0.581. The molecule has 0 fully saturated rings. The fourth-order valence-corrected chi connectivity index (χ4v) is 1.87. The van der Waals surface area contributed by atoms with E-state index in [0.717, 1.165) is 6.07 Å². The van der Waals surface area contributed by atoms with Crippen molar-refractivity contribution in [1.82, 2.24) is 0 Å². The summed E-state index contributed by atoms with van der Waals surface area (Å²) in [5.41, 5.74) is 0.308. The number of methoxy groups -OCH3 is 1. The van der Waals surface area contributed by atoms with Crippen LogP contribution in [0.1, 0.15) is 10.4 Å². The van der Waals surface area contributed by atoms with E-state index in [1.807, 2.05) is 0 Å². The Bertz CT molecular complexity index is 661. The second kappa shape index (κ2) is 5.79. The number of aromatic hydroxyl groups is 1. The first-order chi connectivity index (χ1) is 9.52. The lowest BCUT2D eigenvalue weighted by Gasteiger charge is -2.11. The van der Waals surface area contributed by atoms with E-state index in [1.54, 1.807) is 12.1 Å². The summed E-state index contributed by atoms with van der Waals surface area (Å²) in [5.74, 6) is -1.14. The molecule has 0 spiro atoms. The highest BCUT2D eigenvalue weighted by molar-refractivity contribution is 6.31. The van der Waals surface area contributed by atoms with Crippen molar-refractivity contribution in [2.45, 2.75) is 0 Å². The molecule has 0 aromatic heterocycles. The number of halogens is 2. The summed E-state index contributed by atoms with van der Waals surface area (Å²) in [4.78, 5) is 12.1. The van der Waals surface area contributed by atoms with Gasteiger partial charge in [0.15, 0.2) is 0 Å². The van der Waals surface area contributed by atoms with Gasteiger partial charge in [0.05, 0.1) is 12.1 Å². The topological polar surface area (TPSA) is 58.6 Å². The molecule has 0 aliphatic rings. The third-order valence-electron chi connectivity index (χ3n) is 2.63. The van der Waals surface area contributed by atoms with Crippen molar-refractivity contribution < 1.29 is 19.0 Å². The van der Waals surface area contributed by atoms with E-state index in [1.165, 1.54) is 25.3 Å². The molecule has 20 heavy (non-hydrogen) atoms. The first kappa shape index (κ1) is 14.1. The first-order valence-corrected chi connectivity index (χ1v) is 6.03. The normalized spacial score (nSPS) is 10.2. The summed E-state index contributed by atoms with van der Waals surface area (Å²) in [5, 5.41) is 12.1. The number of carbonyl (C=O) groups is 1. The standard InChI is InChI=1S/C14H11ClFNO3/c1-20-12-4-2-3-11(18)13(12)14(19)17-8-5-6-10(16)9(15)7-8/h2-7,18H,1H3,(H,17,19). The van der Waals surface area contributed by atoms with Gasteiger partial charge in [0.2, 0.25) is 0 Å². The van der Waals surface area contributed by atoms with Crippen LogP contribution in [0.3, 0.4) is 0 Å². The number of rotatable bonds is 3. The van der Waals surface area contributed by atoms with E-state index in [0.29, 0.717) is 5.69 Å². The molecule has 104 valence electrons. The summed E-state index contributed by atoms with van der Waals surface area (Å²) >= 11 is 5.63. The lowest BCUT2D eigenvalue weighted by molar-refractivity contribution is 0.102. The molecule has 4 nitrogen and oxygen atoms in total. The lowest BCUT2D eigenvalue weighted by atomic mass is 10.1. The van der Waals surface area contributed by atoms with Crippen molar-refractivity contribution in [1.29, 1.82) is 0 Å². The largest absolute Gasteiger partial charge is 0.507 e. The fraction of sp³-hybridized carbons (Fsp3) is 0.0714. The van der Waals surface area contributed by atoms with Gasteiger partial charge in [-0.25, -0.2) is 4.39 Å². The number of hydrogen-bond donors (Lipinski definition) is 2. The molecule has 1 amide bonds. The zero-order valence-corrected chi connectivity index (χ0v) is 11.2. The fourth-order valence-electron chi connectivity index (χ4n) is 1.69. The van der Waals surface area contributed by atoms with Crippen molar-refractivity contribution in [3.05, 3.63) is 52.8 Å². The average molecular weight is 296 g/mol. The molecule has 0 aliphatic carbocycles. The van der Waals surface area contributed by atoms with E-state index in [4.69, 9.17) is 16.3 Å². The van der Waals surface area contributed by atoms with Crippen LogP contribution in [0.25, 0.3) is 0 Å². The van der Waals surface area contributed by atoms with Gasteiger partial charge in [0.25, 0.3) is 5.91 Å².